The molecule has 0 amide bonds. The Kier molecular flexibility index (Phi) is 5.76. The van der Waals surface area contributed by atoms with Crippen LogP contribution in [0.1, 0.15) is 79.1 Å². The van der Waals surface area contributed by atoms with E-state index >= 15 is 0 Å². The third-order valence-corrected chi connectivity index (χ3v) is 8.44. The van der Waals surface area contributed by atoms with Crippen LogP contribution in [0.2, 0.25) is 0 Å². The van der Waals surface area contributed by atoms with Crippen LogP contribution in [0.5, 0.6) is 0 Å². The molecule has 0 spiro atoms. The van der Waals surface area contributed by atoms with Crippen molar-refractivity contribution in [2.75, 3.05) is 0 Å². The average molecular weight is 361 g/mol. The molecule has 7 atom stereocenters. The molecule has 3 aliphatic rings. The molecule has 26 heavy (non-hydrogen) atoms. The van der Waals surface area contributed by atoms with Gasteiger partial charge in [-0.1, -0.05) is 52.0 Å². The predicted octanol–water partition coefficient (Wildman–Crippen LogP) is 5.50. The fourth-order valence-electron chi connectivity index (χ4n) is 6.57. The van der Waals surface area contributed by atoms with Gasteiger partial charge >= 0.3 is 0 Å². The van der Waals surface area contributed by atoms with Gasteiger partial charge in [-0.25, -0.2) is 0 Å². The zero-order chi connectivity index (χ0) is 19.1. The molecule has 3 saturated carbocycles. The van der Waals surface area contributed by atoms with E-state index in [2.05, 4.69) is 46.4 Å². The number of hydrogen-bond donors (Lipinski definition) is 2. The van der Waals surface area contributed by atoms with E-state index in [1.54, 1.807) is 0 Å². The van der Waals surface area contributed by atoms with E-state index in [0.29, 0.717) is 35.5 Å². The second-order valence-corrected chi connectivity index (χ2v) is 10.3. The maximum absolute atomic E-state index is 10.9. The van der Waals surface area contributed by atoms with Crippen molar-refractivity contribution in [3.05, 3.63) is 24.3 Å². The molecule has 0 heterocycles. The third-order valence-electron chi connectivity index (χ3n) is 8.44. The minimum absolute atomic E-state index is 0.0547. The van der Waals surface area contributed by atoms with E-state index < -0.39 is 0 Å². The third kappa shape index (κ3) is 3.44. The highest BCUT2D eigenvalue weighted by molar-refractivity contribution is 5.21. The molecule has 3 aliphatic carbocycles. The maximum Gasteiger partial charge on any atom is 0.0621 e. The second kappa shape index (κ2) is 7.43. The van der Waals surface area contributed by atoms with Gasteiger partial charge in [0.2, 0.25) is 0 Å². The van der Waals surface area contributed by atoms with Crippen LogP contribution >= 0.6 is 0 Å². The summed E-state index contributed by atoms with van der Waals surface area (Å²) in [4.78, 5) is 0. The molecule has 0 saturated heterocycles. The highest BCUT2D eigenvalue weighted by atomic mass is 16.3. The highest BCUT2D eigenvalue weighted by Crippen LogP contribution is 2.63. The molecule has 2 unspecified atom stereocenters. The van der Waals surface area contributed by atoms with Crippen LogP contribution in [0.3, 0.4) is 0 Å². The minimum atomic E-state index is -0.373. The van der Waals surface area contributed by atoms with Crippen LogP contribution in [-0.4, -0.2) is 22.4 Å². The zero-order valence-electron chi connectivity index (χ0n) is 17.4. The van der Waals surface area contributed by atoms with Gasteiger partial charge in [-0.2, -0.15) is 0 Å². The van der Waals surface area contributed by atoms with Gasteiger partial charge in [0, 0.05) is 0 Å². The van der Waals surface area contributed by atoms with Crippen molar-refractivity contribution in [1.82, 2.24) is 0 Å². The Morgan fingerprint density at radius 3 is 2.50 bits per heavy atom. The summed E-state index contributed by atoms with van der Waals surface area (Å²) in [5, 5.41) is 21.0. The van der Waals surface area contributed by atoms with E-state index in [4.69, 9.17) is 0 Å². The monoisotopic (exact) mass is 360 g/mol. The van der Waals surface area contributed by atoms with E-state index in [-0.39, 0.29) is 17.6 Å². The van der Waals surface area contributed by atoms with Crippen molar-refractivity contribution in [3.8, 4) is 0 Å². The van der Waals surface area contributed by atoms with E-state index in [9.17, 15) is 10.2 Å². The van der Waals surface area contributed by atoms with E-state index in [0.717, 1.165) is 19.3 Å². The largest absolute Gasteiger partial charge is 0.393 e. The summed E-state index contributed by atoms with van der Waals surface area (Å²) < 4.78 is 0. The van der Waals surface area contributed by atoms with Crippen molar-refractivity contribution in [3.63, 3.8) is 0 Å². The molecule has 2 N–H and O–H groups in total. The van der Waals surface area contributed by atoms with Crippen LogP contribution in [0, 0.1) is 34.5 Å². The van der Waals surface area contributed by atoms with E-state index in [1.165, 1.54) is 31.3 Å². The van der Waals surface area contributed by atoms with Gasteiger partial charge in [-0.05, 0) is 85.9 Å². The van der Waals surface area contributed by atoms with Crippen LogP contribution in [0.25, 0.3) is 0 Å². The molecule has 2 heteroatoms. The van der Waals surface area contributed by atoms with Gasteiger partial charge in [0.25, 0.3) is 0 Å². The Balaban J connectivity index is 1.89. The highest BCUT2D eigenvalue weighted by Gasteiger charge is 2.56. The molecule has 0 aliphatic heterocycles. The van der Waals surface area contributed by atoms with Gasteiger partial charge in [-0.3, -0.25) is 0 Å². The van der Waals surface area contributed by atoms with Crippen molar-refractivity contribution in [2.24, 2.45) is 34.5 Å². The summed E-state index contributed by atoms with van der Waals surface area (Å²) in [5.74, 6) is 2.46. The number of rotatable bonds is 4. The molecule has 0 aromatic rings. The SMILES string of the molecule is C=C1CCC2[C@@H](C/C=C/C(C)C)C([C@@]3(C)CC[C@H](O)C[C@@H]3O)CC[C@@]12C. The number of hydrogen-bond acceptors (Lipinski definition) is 2. The smallest absolute Gasteiger partial charge is 0.0621 e. The van der Waals surface area contributed by atoms with Crippen LogP contribution in [0.4, 0.5) is 0 Å². The lowest BCUT2D eigenvalue weighted by Crippen LogP contribution is -2.52. The van der Waals surface area contributed by atoms with Gasteiger partial charge in [-0.15, -0.1) is 0 Å². The van der Waals surface area contributed by atoms with Crippen molar-refractivity contribution in [1.29, 1.82) is 0 Å². The molecular formula is C24H40O2. The summed E-state index contributed by atoms with van der Waals surface area (Å²) in [7, 11) is 0. The predicted molar refractivity (Wildman–Crippen MR) is 109 cm³/mol. The normalized spacial score (nSPS) is 46.9. The van der Waals surface area contributed by atoms with Gasteiger partial charge in [0.05, 0.1) is 12.2 Å². The number of aliphatic hydroxyl groups excluding tert-OH is 2. The first-order valence-electron chi connectivity index (χ1n) is 10.9. The van der Waals surface area contributed by atoms with Crippen LogP contribution < -0.4 is 0 Å². The number of allylic oxidation sites excluding steroid dienone is 3. The van der Waals surface area contributed by atoms with Crippen molar-refractivity contribution < 1.29 is 10.2 Å². The quantitative estimate of drug-likeness (QED) is 0.650. The Labute approximate surface area is 160 Å². The Morgan fingerprint density at radius 2 is 1.85 bits per heavy atom. The first kappa shape index (κ1) is 20.1. The van der Waals surface area contributed by atoms with Gasteiger partial charge in [0.1, 0.15) is 0 Å². The molecule has 0 bridgehead atoms. The first-order valence-corrected chi connectivity index (χ1v) is 10.9. The summed E-state index contributed by atoms with van der Waals surface area (Å²) >= 11 is 0. The standard InChI is InChI=1S/C24H40O2/c1-16(2)7-6-8-19-20-10-9-17(3)23(20,4)14-12-21(19)24(5)13-11-18(25)15-22(24)26/h6-7,16,18-22,25-26H,3,8-15H2,1-2,4-5H3/b7-6+/t18-,19+,20?,21?,22-,23-,24+/m0/s1. The zero-order valence-corrected chi connectivity index (χ0v) is 17.4. The lowest BCUT2D eigenvalue weighted by Gasteiger charge is -2.55. The fraction of sp³-hybridized carbons (Fsp3) is 0.833. The molecule has 3 fully saturated rings. The van der Waals surface area contributed by atoms with Crippen LogP contribution in [-0.2, 0) is 0 Å². The molecule has 0 radical (unpaired) electrons. The minimum Gasteiger partial charge on any atom is -0.393 e. The molecule has 148 valence electrons. The average Bonchev–Trinajstić information content (AvgIpc) is 2.87. The number of aliphatic hydroxyl groups is 2. The van der Waals surface area contributed by atoms with Gasteiger partial charge in [0.15, 0.2) is 0 Å². The van der Waals surface area contributed by atoms with Gasteiger partial charge < -0.3 is 10.2 Å². The van der Waals surface area contributed by atoms with E-state index in [1.807, 2.05) is 0 Å². The molecule has 2 nitrogen and oxygen atoms in total. The summed E-state index contributed by atoms with van der Waals surface area (Å²) in [6.07, 6.45) is 12.4. The lowest BCUT2D eigenvalue weighted by molar-refractivity contribution is -0.118. The summed E-state index contributed by atoms with van der Waals surface area (Å²) in [6, 6.07) is 0. The first-order chi connectivity index (χ1) is 12.2. The lowest BCUT2D eigenvalue weighted by atomic mass is 9.50. The summed E-state index contributed by atoms with van der Waals surface area (Å²) in [6.45, 7) is 13.7. The maximum atomic E-state index is 10.9. The summed E-state index contributed by atoms with van der Waals surface area (Å²) in [5.41, 5.74) is 1.70. The Hall–Kier alpha value is -0.600. The Morgan fingerprint density at radius 1 is 1.12 bits per heavy atom. The molecular weight excluding hydrogens is 320 g/mol. The topological polar surface area (TPSA) is 40.5 Å². The number of fused-ring (bicyclic) bond motifs is 1. The van der Waals surface area contributed by atoms with Crippen molar-refractivity contribution >= 4 is 0 Å². The van der Waals surface area contributed by atoms with Crippen molar-refractivity contribution in [2.45, 2.75) is 91.3 Å². The molecule has 0 aromatic carbocycles. The molecule has 3 rings (SSSR count). The fourth-order valence-corrected chi connectivity index (χ4v) is 6.57. The molecule has 0 aromatic heterocycles. The second-order valence-electron chi connectivity index (χ2n) is 10.3. The Bertz CT molecular complexity index is 550. The van der Waals surface area contributed by atoms with Crippen LogP contribution in [0.15, 0.2) is 24.3 Å².